The molecule has 3 rings (SSSR count). The summed E-state index contributed by atoms with van der Waals surface area (Å²) in [4.78, 5) is 22.7. The number of nitrogens with zero attached hydrogens (tertiary/aromatic N) is 3. The molecule has 1 aliphatic rings. The zero-order valence-corrected chi connectivity index (χ0v) is 14.0. The SMILES string of the molecule is CCCc1nc(C(=O)N2C[C@@H](Cc3ccncc3)[C@@H](O)C2)cs1. The van der Waals surface area contributed by atoms with Gasteiger partial charge in [-0.15, -0.1) is 11.3 Å². The molecule has 0 radical (unpaired) electrons. The second-order valence-electron chi connectivity index (χ2n) is 5.97. The first-order valence-electron chi connectivity index (χ1n) is 7.98. The van der Waals surface area contributed by atoms with Gasteiger partial charge < -0.3 is 10.0 Å². The summed E-state index contributed by atoms with van der Waals surface area (Å²) < 4.78 is 0. The number of β-amino-alcohol motifs (C(OH)–C–C–N with tert-alkyl or cyclic N) is 1. The Labute approximate surface area is 140 Å². The molecule has 0 saturated carbocycles. The Hall–Kier alpha value is -1.79. The highest BCUT2D eigenvalue weighted by Gasteiger charge is 2.35. The number of carbonyl (C=O) groups is 1. The van der Waals surface area contributed by atoms with Crippen molar-refractivity contribution in [3.8, 4) is 0 Å². The van der Waals surface area contributed by atoms with E-state index < -0.39 is 6.10 Å². The lowest BCUT2D eigenvalue weighted by Crippen LogP contribution is -2.29. The molecule has 1 aliphatic heterocycles. The average Bonchev–Trinajstić information content (AvgIpc) is 3.16. The summed E-state index contributed by atoms with van der Waals surface area (Å²) in [5, 5.41) is 13.1. The predicted molar refractivity (Wildman–Crippen MR) is 89.5 cm³/mol. The molecule has 1 N–H and O–H groups in total. The molecular weight excluding hydrogens is 310 g/mol. The van der Waals surface area contributed by atoms with E-state index in [1.54, 1.807) is 17.3 Å². The molecular formula is C17H21N3O2S. The zero-order valence-electron chi connectivity index (χ0n) is 13.2. The maximum atomic E-state index is 12.6. The van der Waals surface area contributed by atoms with Gasteiger partial charge >= 0.3 is 0 Å². The Balaban J connectivity index is 1.64. The first-order valence-corrected chi connectivity index (χ1v) is 8.86. The van der Waals surface area contributed by atoms with Crippen molar-refractivity contribution in [2.45, 2.75) is 32.3 Å². The third-order valence-corrected chi connectivity index (χ3v) is 5.08. The molecule has 3 heterocycles. The Morgan fingerprint density at radius 1 is 1.39 bits per heavy atom. The van der Waals surface area contributed by atoms with Crippen molar-refractivity contribution in [2.75, 3.05) is 13.1 Å². The van der Waals surface area contributed by atoms with Crippen molar-refractivity contribution in [3.63, 3.8) is 0 Å². The fraction of sp³-hybridized carbons (Fsp3) is 0.471. The molecule has 2 aromatic rings. The molecule has 0 aliphatic carbocycles. The van der Waals surface area contributed by atoms with Crippen LogP contribution >= 0.6 is 11.3 Å². The first-order chi connectivity index (χ1) is 11.2. The van der Waals surface area contributed by atoms with Crippen LogP contribution in [0.1, 0.15) is 34.4 Å². The Bertz CT molecular complexity index is 659. The van der Waals surface area contributed by atoms with E-state index >= 15 is 0 Å². The molecule has 2 atom stereocenters. The van der Waals surface area contributed by atoms with E-state index in [1.807, 2.05) is 17.5 Å². The normalized spacial score (nSPS) is 20.9. The minimum absolute atomic E-state index is 0.0649. The molecule has 6 heteroatoms. The second kappa shape index (κ2) is 7.19. The molecule has 0 aromatic carbocycles. The Morgan fingerprint density at radius 3 is 2.91 bits per heavy atom. The number of aromatic nitrogens is 2. The van der Waals surface area contributed by atoms with Gasteiger partial charge in [0.1, 0.15) is 5.69 Å². The van der Waals surface area contributed by atoms with Crippen LogP contribution in [0.3, 0.4) is 0 Å². The van der Waals surface area contributed by atoms with Gasteiger partial charge in [-0.2, -0.15) is 0 Å². The van der Waals surface area contributed by atoms with Crippen molar-refractivity contribution in [1.29, 1.82) is 0 Å². The summed E-state index contributed by atoms with van der Waals surface area (Å²) in [6, 6.07) is 3.91. The third kappa shape index (κ3) is 3.76. The summed E-state index contributed by atoms with van der Waals surface area (Å²) in [6.07, 6.45) is 5.71. The molecule has 2 aromatic heterocycles. The number of aliphatic hydroxyl groups excluding tert-OH is 1. The Morgan fingerprint density at radius 2 is 2.17 bits per heavy atom. The monoisotopic (exact) mass is 331 g/mol. The standard InChI is InChI=1S/C17H21N3O2S/c1-2-3-16-19-14(11-23-16)17(22)20-9-13(15(21)10-20)8-12-4-6-18-7-5-12/h4-7,11,13,15,21H,2-3,8-10H2,1H3/t13-,15+/m1/s1. The van der Waals surface area contributed by atoms with Gasteiger partial charge in [0.2, 0.25) is 0 Å². The average molecular weight is 331 g/mol. The van der Waals surface area contributed by atoms with Crippen LogP contribution < -0.4 is 0 Å². The fourth-order valence-electron chi connectivity index (χ4n) is 2.94. The number of pyridine rings is 1. The van der Waals surface area contributed by atoms with E-state index in [9.17, 15) is 9.90 Å². The van der Waals surface area contributed by atoms with Crippen molar-refractivity contribution in [1.82, 2.24) is 14.9 Å². The predicted octanol–water partition coefficient (Wildman–Crippen LogP) is 2.17. The number of aryl methyl sites for hydroxylation is 1. The number of aliphatic hydroxyl groups is 1. The number of hydrogen-bond donors (Lipinski definition) is 1. The molecule has 23 heavy (non-hydrogen) atoms. The summed E-state index contributed by atoms with van der Waals surface area (Å²) in [5.41, 5.74) is 1.65. The van der Waals surface area contributed by atoms with Gasteiger partial charge in [-0.05, 0) is 37.0 Å². The quantitative estimate of drug-likeness (QED) is 0.912. The van der Waals surface area contributed by atoms with Crippen LogP contribution in [0, 0.1) is 5.92 Å². The topological polar surface area (TPSA) is 66.3 Å². The summed E-state index contributed by atoms with van der Waals surface area (Å²) in [6.45, 7) is 3.06. The molecule has 1 amide bonds. The fourth-order valence-corrected chi connectivity index (χ4v) is 3.82. The van der Waals surface area contributed by atoms with E-state index in [1.165, 1.54) is 11.3 Å². The van der Waals surface area contributed by atoms with Crippen molar-refractivity contribution < 1.29 is 9.90 Å². The highest BCUT2D eigenvalue weighted by Crippen LogP contribution is 2.23. The first kappa shape index (κ1) is 16.1. The molecule has 1 saturated heterocycles. The van der Waals surface area contributed by atoms with Crippen LogP contribution in [0.5, 0.6) is 0 Å². The molecule has 5 nitrogen and oxygen atoms in total. The van der Waals surface area contributed by atoms with E-state index in [2.05, 4.69) is 16.9 Å². The van der Waals surface area contributed by atoms with Crippen molar-refractivity contribution in [2.24, 2.45) is 5.92 Å². The van der Waals surface area contributed by atoms with Gasteiger partial charge in [0.25, 0.3) is 5.91 Å². The zero-order chi connectivity index (χ0) is 16.2. The summed E-state index contributed by atoms with van der Waals surface area (Å²) in [5.74, 6) is -0.00465. The largest absolute Gasteiger partial charge is 0.391 e. The second-order valence-corrected chi connectivity index (χ2v) is 6.92. The van der Waals surface area contributed by atoms with Gasteiger partial charge in [0.15, 0.2) is 0 Å². The van der Waals surface area contributed by atoms with E-state index in [0.29, 0.717) is 18.8 Å². The van der Waals surface area contributed by atoms with Gasteiger partial charge in [0, 0.05) is 36.8 Å². The maximum Gasteiger partial charge on any atom is 0.273 e. The smallest absolute Gasteiger partial charge is 0.273 e. The highest BCUT2D eigenvalue weighted by molar-refractivity contribution is 7.09. The van der Waals surface area contributed by atoms with Crippen LogP contribution in [0.2, 0.25) is 0 Å². The third-order valence-electron chi connectivity index (χ3n) is 4.18. The van der Waals surface area contributed by atoms with Gasteiger partial charge in [-0.1, -0.05) is 6.92 Å². The van der Waals surface area contributed by atoms with Crippen LogP contribution in [0.25, 0.3) is 0 Å². The molecule has 0 bridgehead atoms. The van der Waals surface area contributed by atoms with E-state index in [4.69, 9.17) is 0 Å². The van der Waals surface area contributed by atoms with E-state index in [0.717, 1.165) is 29.8 Å². The molecule has 0 unspecified atom stereocenters. The minimum Gasteiger partial charge on any atom is -0.391 e. The van der Waals surface area contributed by atoms with Gasteiger partial charge in [-0.25, -0.2) is 4.98 Å². The van der Waals surface area contributed by atoms with Crippen molar-refractivity contribution in [3.05, 3.63) is 46.2 Å². The lowest BCUT2D eigenvalue weighted by molar-refractivity contribution is 0.0759. The number of hydrogen-bond acceptors (Lipinski definition) is 5. The Kier molecular flexibility index (Phi) is 5.03. The van der Waals surface area contributed by atoms with E-state index in [-0.39, 0.29) is 11.8 Å². The molecule has 122 valence electrons. The summed E-state index contributed by atoms with van der Waals surface area (Å²) in [7, 11) is 0. The van der Waals surface area contributed by atoms with Crippen LogP contribution in [-0.4, -0.2) is 45.1 Å². The van der Waals surface area contributed by atoms with Gasteiger partial charge in [0.05, 0.1) is 11.1 Å². The number of rotatable bonds is 5. The van der Waals surface area contributed by atoms with Crippen LogP contribution in [0.4, 0.5) is 0 Å². The lowest BCUT2D eigenvalue weighted by Gasteiger charge is -2.14. The number of amides is 1. The van der Waals surface area contributed by atoms with Crippen molar-refractivity contribution >= 4 is 17.2 Å². The number of thiazole rings is 1. The number of likely N-dealkylation sites (tertiary alicyclic amines) is 1. The van der Waals surface area contributed by atoms with Crippen LogP contribution in [0.15, 0.2) is 29.9 Å². The summed E-state index contributed by atoms with van der Waals surface area (Å²) >= 11 is 1.54. The molecule has 0 spiro atoms. The lowest BCUT2D eigenvalue weighted by atomic mass is 9.97. The van der Waals surface area contributed by atoms with Gasteiger partial charge in [-0.3, -0.25) is 9.78 Å². The molecule has 1 fully saturated rings. The van der Waals surface area contributed by atoms with Crippen LogP contribution in [-0.2, 0) is 12.8 Å². The highest BCUT2D eigenvalue weighted by atomic mass is 32.1. The minimum atomic E-state index is -0.485. The maximum absolute atomic E-state index is 12.6. The number of carbonyl (C=O) groups excluding carboxylic acids is 1.